The highest BCUT2D eigenvalue weighted by Crippen LogP contribution is 2.22. The third kappa shape index (κ3) is 3.96. The van der Waals surface area contributed by atoms with Crippen molar-refractivity contribution in [2.45, 2.75) is 13.3 Å². The Morgan fingerprint density at radius 2 is 1.95 bits per heavy atom. The highest BCUT2D eigenvalue weighted by atomic mass is 35.5. The molecule has 0 aliphatic rings. The number of rotatable bonds is 5. The molecular formula is C13H15ClFN5. The van der Waals surface area contributed by atoms with Crippen LogP contribution in [-0.4, -0.2) is 16.5 Å². The summed E-state index contributed by atoms with van der Waals surface area (Å²) in [6.45, 7) is 2.83. The number of hydrogen-bond donors (Lipinski definition) is 3. The van der Waals surface area contributed by atoms with Gasteiger partial charge in [-0.1, -0.05) is 18.5 Å². The number of nitrogens with two attached hydrogens (primary N) is 1. The van der Waals surface area contributed by atoms with E-state index >= 15 is 0 Å². The highest BCUT2D eigenvalue weighted by Gasteiger charge is 2.04. The lowest BCUT2D eigenvalue weighted by molar-refractivity contribution is 0.628. The summed E-state index contributed by atoms with van der Waals surface area (Å²) in [7, 11) is 0. The Labute approximate surface area is 121 Å². The van der Waals surface area contributed by atoms with E-state index in [4.69, 9.17) is 17.3 Å². The van der Waals surface area contributed by atoms with Crippen LogP contribution in [0.4, 0.5) is 27.7 Å². The molecule has 1 aromatic heterocycles. The van der Waals surface area contributed by atoms with Crippen molar-refractivity contribution in [3.63, 3.8) is 0 Å². The molecule has 0 saturated heterocycles. The third-order valence-electron chi connectivity index (χ3n) is 2.43. The van der Waals surface area contributed by atoms with Crippen LogP contribution in [0.3, 0.4) is 0 Å². The third-order valence-corrected chi connectivity index (χ3v) is 2.65. The second kappa shape index (κ2) is 6.38. The summed E-state index contributed by atoms with van der Waals surface area (Å²) in [6, 6.07) is 5.85. The number of anilines is 4. The molecule has 106 valence electrons. The molecule has 0 bridgehead atoms. The SMILES string of the molecule is CCCNc1cc(Nc2cc(F)cc(Cl)c2)nc(N)n1. The summed E-state index contributed by atoms with van der Waals surface area (Å²) >= 11 is 5.80. The Hall–Kier alpha value is -2.08. The lowest BCUT2D eigenvalue weighted by atomic mass is 10.3. The first-order valence-electron chi connectivity index (χ1n) is 6.18. The maximum absolute atomic E-state index is 13.3. The van der Waals surface area contributed by atoms with Crippen LogP contribution in [0.5, 0.6) is 0 Å². The lowest BCUT2D eigenvalue weighted by Crippen LogP contribution is -2.06. The van der Waals surface area contributed by atoms with Crippen molar-refractivity contribution in [2.24, 2.45) is 0 Å². The zero-order chi connectivity index (χ0) is 14.5. The van der Waals surface area contributed by atoms with Gasteiger partial charge in [0, 0.05) is 23.3 Å². The fourth-order valence-corrected chi connectivity index (χ4v) is 1.87. The van der Waals surface area contributed by atoms with Gasteiger partial charge in [0.05, 0.1) is 0 Å². The van der Waals surface area contributed by atoms with Gasteiger partial charge < -0.3 is 16.4 Å². The molecule has 5 nitrogen and oxygen atoms in total. The van der Waals surface area contributed by atoms with Gasteiger partial charge in [0.15, 0.2) is 0 Å². The monoisotopic (exact) mass is 295 g/mol. The summed E-state index contributed by atoms with van der Waals surface area (Å²) in [6.07, 6.45) is 0.964. The molecule has 4 N–H and O–H groups in total. The number of nitrogens with one attached hydrogen (secondary N) is 2. The Bertz CT molecular complexity index is 585. The normalized spacial score (nSPS) is 10.3. The summed E-state index contributed by atoms with van der Waals surface area (Å²) in [5.41, 5.74) is 6.14. The number of nitrogen functional groups attached to an aromatic ring is 1. The molecule has 1 aromatic carbocycles. The van der Waals surface area contributed by atoms with Gasteiger partial charge in [0.25, 0.3) is 0 Å². The molecule has 0 saturated carbocycles. The lowest BCUT2D eigenvalue weighted by Gasteiger charge is -2.10. The molecular weight excluding hydrogens is 281 g/mol. The zero-order valence-corrected chi connectivity index (χ0v) is 11.7. The highest BCUT2D eigenvalue weighted by molar-refractivity contribution is 6.30. The number of halogens is 2. The van der Waals surface area contributed by atoms with Crippen molar-refractivity contribution in [2.75, 3.05) is 22.9 Å². The van der Waals surface area contributed by atoms with Crippen molar-refractivity contribution in [1.82, 2.24) is 9.97 Å². The molecule has 0 aliphatic carbocycles. The van der Waals surface area contributed by atoms with E-state index < -0.39 is 5.82 Å². The van der Waals surface area contributed by atoms with E-state index in [0.717, 1.165) is 13.0 Å². The molecule has 0 atom stereocenters. The average molecular weight is 296 g/mol. The summed E-state index contributed by atoms with van der Waals surface area (Å²) in [4.78, 5) is 8.11. The summed E-state index contributed by atoms with van der Waals surface area (Å²) in [5, 5.41) is 6.37. The predicted octanol–water partition coefficient (Wildman–Crippen LogP) is 3.42. The predicted molar refractivity (Wildman–Crippen MR) is 79.9 cm³/mol. The standard InChI is InChI=1S/C13H15ClFN5/c1-2-3-17-11-7-12(20-13(16)19-11)18-10-5-8(14)4-9(15)6-10/h4-7H,2-3H2,1H3,(H4,16,17,18,19,20). The number of benzene rings is 1. The number of aromatic nitrogens is 2. The van der Waals surface area contributed by atoms with Crippen molar-refractivity contribution < 1.29 is 4.39 Å². The van der Waals surface area contributed by atoms with Gasteiger partial charge in [-0.15, -0.1) is 0 Å². The van der Waals surface area contributed by atoms with Gasteiger partial charge >= 0.3 is 0 Å². The van der Waals surface area contributed by atoms with E-state index in [1.807, 2.05) is 6.92 Å². The van der Waals surface area contributed by atoms with E-state index in [1.54, 1.807) is 12.1 Å². The van der Waals surface area contributed by atoms with Crippen LogP contribution in [-0.2, 0) is 0 Å². The second-order valence-electron chi connectivity index (χ2n) is 4.21. The quantitative estimate of drug-likeness (QED) is 0.788. The minimum Gasteiger partial charge on any atom is -0.370 e. The first-order chi connectivity index (χ1) is 9.56. The first-order valence-corrected chi connectivity index (χ1v) is 6.56. The maximum atomic E-state index is 13.3. The topological polar surface area (TPSA) is 75.9 Å². The molecule has 2 rings (SSSR count). The minimum atomic E-state index is -0.425. The van der Waals surface area contributed by atoms with Crippen molar-refractivity contribution in [3.05, 3.63) is 35.1 Å². The zero-order valence-electron chi connectivity index (χ0n) is 11.0. The largest absolute Gasteiger partial charge is 0.370 e. The number of hydrogen-bond acceptors (Lipinski definition) is 5. The van der Waals surface area contributed by atoms with E-state index in [-0.39, 0.29) is 5.95 Å². The molecule has 0 amide bonds. The van der Waals surface area contributed by atoms with Crippen molar-refractivity contribution in [1.29, 1.82) is 0 Å². The molecule has 20 heavy (non-hydrogen) atoms. The Morgan fingerprint density at radius 3 is 2.65 bits per heavy atom. The van der Waals surface area contributed by atoms with Gasteiger partial charge in [-0.2, -0.15) is 9.97 Å². The Morgan fingerprint density at radius 1 is 1.20 bits per heavy atom. The van der Waals surface area contributed by atoms with Gasteiger partial charge in [0.1, 0.15) is 17.5 Å². The van der Waals surface area contributed by atoms with Crippen molar-refractivity contribution in [3.8, 4) is 0 Å². The Kier molecular flexibility index (Phi) is 4.57. The van der Waals surface area contributed by atoms with Crippen LogP contribution in [0.25, 0.3) is 0 Å². The minimum absolute atomic E-state index is 0.135. The van der Waals surface area contributed by atoms with E-state index in [9.17, 15) is 4.39 Å². The van der Waals surface area contributed by atoms with Gasteiger partial charge in [0.2, 0.25) is 5.95 Å². The Balaban J connectivity index is 2.21. The summed E-state index contributed by atoms with van der Waals surface area (Å²) < 4.78 is 13.3. The van der Waals surface area contributed by atoms with Crippen LogP contribution in [0.2, 0.25) is 5.02 Å². The molecule has 1 heterocycles. The van der Waals surface area contributed by atoms with Crippen LogP contribution in [0, 0.1) is 5.82 Å². The number of nitrogens with zero attached hydrogens (tertiary/aromatic N) is 2. The fraction of sp³-hybridized carbons (Fsp3) is 0.231. The van der Waals surface area contributed by atoms with Crippen LogP contribution in [0.15, 0.2) is 24.3 Å². The van der Waals surface area contributed by atoms with Gasteiger partial charge in [-0.3, -0.25) is 0 Å². The fourth-order valence-electron chi connectivity index (χ4n) is 1.65. The molecule has 2 aromatic rings. The molecule has 0 unspecified atom stereocenters. The van der Waals surface area contributed by atoms with Gasteiger partial charge in [-0.05, 0) is 24.6 Å². The maximum Gasteiger partial charge on any atom is 0.223 e. The van der Waals surface area contributed by atoms with E-state index in [2.05, 4.69) is 20.6 Å². The molecule has 0 radical (unpaired) electrons. The first kappa shape index (κ1) is 14.3. The van der Waals surface area contributed by atoms with Crippen molar-refractivity contribution >= 4 is 34.9 Å². The second-order valence-corrected chi connectivity index (χ2v) is 4.64. The smallest absolute Gasteiger partial charge is 0.223 e. The molecule has 7 heteroatoms. The summed E-state index contributed by atoms with van der Waals surface area (Å²) in [5.74, 6) is 0.796. The molecule has 0 spiro atoms. The molecule has 0 aliphatic heterocycles. The van der Waals surface area contributed by atoms with Gasteiger partial charge in [-0.25, -0.2) is 4.39 Å². The average Bonchev–Trinajstić information content (AvgIpc) is 2.34. The van der Waals surface area contributed by atoms with E-state index in [0.29, 0.717) is 22.3 Å². The van der Waals surface area contributed by atoms with Crippen LogP contribution >= 0.6 is 11.6 Å². The molecule has 0 fully saturated rings. The van der Waals surface area contributed by atoms with Crippen LogP contribution < -0.4 is 16.4 Å². The van der Waals surface area contributed by atoms with E-state index in [1.165, 1.54) is 12.1 Å². The van der Waals surface area contributed by atoms with Crippen LogP contribution in [0.1, 0.15) is 13.3 Å².